The number of carboxylic acid groups (broad SMARTS) is 1. The van der Waals surface area contributed by atoms with E-state index in [9.17, 15) is 14.7 Å². The minimum Gasteiger partial charge on any atom is -0.481 e. The Balaban J connectivity index is 1.47. The van der Waals surface area contributed by atoms with Crippen molar-refractivity contribution in [2.75, 3.05) is 13.1 Å². The molecule has 1 amide bonds. The van der Waals surface area contributed by atoms with E-state index in [4.69, 9.17) is 4.98 Å². The number of aryl methyl sites for hydroxylation is 2. The van der Waals surface area contributed by atoms with Gasteiger partial charge in [-0.3, -0.25) is 14.6 Å². The Morgan fingerprint density at radius 2 is 1.86 bits per heavy atom. The van der Waals surface area contributed by atoms with Crippen LogP contribution in [-0.2, 0) is 4.79 Å². The van der Waals surface area contributed by atoms with Gasteiger partial charge >= 0.3 is 5.97 Å². The van der Waals surface area contributed by atoms with E-state index in [-0.39, 0.29) is 17.2 Å². The molecular formula is C23H26N2O3. The van der Waals surface area contributed by atoms with Gasteiger partial charge in [-0.2, -0.15) is 0 Å². The average Bonchev–Trinajstić information content (AvgIpc) is 3.57. The van der Waals surface area contributed by atoms with Crippen LogP contribution in [0.4, 0.5) is 0 Å². The number of aromatic nitrogens is 1. The second-order valence-electron chi connectivity index (χ2n) is 9.10. The molecule has 2 aromatic rings. The third-order valence-electron chi connectivity index (χ3n) is 7.03. The minimum absolute atomic E-state index is 0.0602. The Labute approximate surface area is 164 Å². The van der Waals surface area contributed by atoms with Crippen molar-refractivity contribution in [3.05, 3.63) is 40.6 Å². The van der Waals surface area contributed by atoms with Crippen LogP contribution in [0.15, 0.2) is 18.2 Å². The third-order valence-corrected chi connectivity index (χ3v) is 7.03. The lowest BCUT2D eigenvalue weighted by atomic mass is 9.90. The van der Waals surface area contributed by atoms with Gasteiger partial charge in [0.25, 0.3) is 5.91 Å². The van der Waals surface area contributed by atoms with Crippen molar-refractivity contribution in [1.29, 1.82) is 0 Å². The van der Waals surface area contributed by atoms with Crippen molar-refractivity contribution < 1.29 is 14.7 Å². The van der Waals surface area contributed by atoms with Crippen LogP contribution >= 0.6 is 0 Å². The highest BCUT2D eigenvalue weighted by Crippen LogP contribution is 2.59. The molecule has 5 heteroatoms. The Hall–Kier alpha value is -2.43. The zero-order valence-electron chi connectivity index (χ0n) is 16.5. The lowest BCUT2D eigenvalue weighted by Crippen LogP contribution is -2.40. The Morgan fingerprint density at radius 3 is 2.46 bits per heavy atom. The molecule has 5 rings (SSSR count). The first-order valence-corrected chi connectivity index (χ1v) is 10.3. The van der Waals surface area contributed by atoms with E-state index in [0.717, 1.165) is 65.4 Å². The normalized spacial score (nSPS) is 23.2. The first kappa shape index (κ1) is 17.7. The van der Waals surface area contributed by atoms with Gasteiger partial charge in [0, 0.05) is 30.1 Å². The van der Waals surface area contributed by atoms with Crippen LogP contribution in [0.1, 0.15) is 65.2 Å². The molecule has 2 heterocycles. The number of nitrogens with zero attached hydrogens (tertiary/aromatic N) is 2. The Bertz CT molecular complexity index is 1000. The molecule has 3 fully saturated rings. The molecule has 1 atom stereocenters. The van der Waals surface area contributed by atoms with Gasteiger partial charge in [0.2, 0.25) is 0 Å². The summed E-state index contributed by atoms with van der Waals surface area (Å²) in [6.45, 7) is 5.42. The molecular weight excluding hydrogens is 352 g/mol. The fraction of sp³-hybridized carbons (Fsp3) is 0.522. The van der Waals surface area contributed by atoms with Crippen molar-refractivity contribution in [3.63, 3.8) is 0 Å². The van der Waals surface area contributed by atoms with Crippen LogP contribution in [0.5, 0.6) is 0 Å². The molecule has 0 radical (unpaired) electrons. The second kappa shape index (κ2) is 6.03. The van der Waals surface area contributed by atoms with Gasteiger partial charge in [0.15, 0.2) is 0 Å². The topological polar surface area (TPSA) is 70.5 Å². The summed E-state index contributed by atoms with van der Waals surface area (Å²) in [6, 6.07) is 6.22. The number of benzene rings is 1. The van der Waals surface area contributed by atoms with Gasteiger partial charge in [-0.15, -0.1) is 0 Å². The fourth-order valence-electron chi connectivity index (χ4n) is 5.04. The highest BCUT2D eigenvalue weighted by atomic mass is 16.4. The molecule has 1 saturated heterocycles. The molecule has 1 aromatic carbocycles. The molecule has 28 heavy (non-hydrogen) atoms. The van der Waals surface area contributed by atoms with Crippen LogP contribution in [-0.4, -0.2) is 40.0 Å². The number of pyridine rings is 1. The van der Waals surface area contributed by atoms with Crippen LogP contribution in [0, 0.1) is 25.2 Å². The van der Waals surface area contributed by atoms with Crippen LogP contribution < -0.4 is 0 Å². The number of hydrogen-bond acceptors (Lipinski definition) is 3. The van der Waals surface area contributed by atoms with Gasteiger partial charge in [-0.05, 0) is 69.1 Å². The van der Waals surface area contributed by atoms with Crippen molar-refractivity contribution in [1.82, 2.24) is 9.88 Å². The maximum atomic E-state index is 13.5. The first-order chi connectivity index (χ1) is 13.4. The SMILES string of the molecule is Cc1cc(C)c2nc(C3CC3)cc(C(=O)N3CCC4(CC3)CC4C(=O)O)c2c1. The molecule has 1 unspecified atom stereocenters. The molecule has 0 bridgehead atoms. The highest BCUT2D eigenvalue weighted by molar-refractivity contribution is 6.07. The van der Waals surface area contributed by atoms with Crippen LogP contribution in [0.25, 0.3) is 10.9 Å². The summed E-state index contributed by atoms with van der Waals surface area (Å²) in [5.41, 5.74) is 4.95. The lowest BCUT2D eigenvalue weighted by molar-refractivity contribution is -0.139. The molecule has 1 N–H and O–H groups in total. The smallest absolute Gasteiger partial charge is 0.307 e. The summed E-state index contributed by atoms with van der Waals surface area (Å²) < 4.78 is 0. The monoisotopic (exact) mass is 378 g/mol. The summed E-state index contributed by atoms with van der Waals surface area (Å²) in [4.78, 5) is 31.6. The number of carbonyl (C=O) groups excluding carboxylic acids is 1. The number of carbonyl (C=O) groups is 2. The van der Waals surface area contributed by atoms with Gasteiger partial charge in [0.1, 0.15) is 0 Å². The highest BCUT2D eigenvalue weighted by Gasteiger charge is 2.59. The van der Waals surface area contributed by atoms with Gasteiger partial charge < -0.3 is 10.0 Å². The largest absolute Gasteiger partial charge is 0.481 e. The third kappa shape index (κ3) is 2.79. The van der Waals surface area contributed by atoms with E-state index in [0.29, 0.717) is 19.0 Å². The number of aliphatic carboxylic acids is 1. The number of likely N-dealkylation sites (tertiary alicyclic amines) is 1. The van der Waals surface area contributed by atoms with Gasteiger partial charge in [0.05, 0.1) is 17.0 Å². The summed E-state index contributed by atoms with van der Waals surface area (Å²) in [5.74, 6) is -0.330. The molecule has 2 aliphatic carbocycles. The van der Waals surface area contributed by atoms with Gasteiger partial charge in [-0.1, -0.05) is 11.6 Å². The maximum Gasteiger partial charge on any atom is 0.307 e. The first-order valence-electron chi connectivity index (χ1n) is 10.3. The summed E-state index contributed by atoms with van der Waals surface area (Å²) in [7, 11) is 0. The zero-order valence-corrected chi connectivity index (χ0v) is 16.5. The predicted octanol–water partition coefficient (Wildman–Crippen LogP) is 4.06. The van der Waals surface area contributed by atoms with E-state index < -0.39 is 5.97 Å². The molecule has 2 saturated carbocycles. The number of carboxylic acids is 1. The fourth-order valence-corrected chi connectivity index (χ4v) is 5.04. The molecule has 146 valence electrons. The quantitative estimate of drug-likeness (QED) is 0.874. The van der Waals surface area contributed by atoms with Crippen molar-refractivity contribution in [2.45, 2.75) is 51.9 Å². The van der Waals surface area contributed by atoms with Crippen molar-refractivity contribution in [3.8, 4) is 0 Å². The number of amides is 1. The Morgan fingerprint density at radius 1 is 1.14 bits per heavy atom. The number of hydrogen-bond donors (Lipinski definition) is 1. The van der Waals surface area contributed by atoms with E-state index in [1.165, 1.54) is 0 Å². The predicted molar refractivity (Wildman–Crippen MR) is 107 cm³/mol. The van der Waals surface area contributed by atoms with E-state index in [1.807, 2.05) is 11.0 Å². The lowest BCUT2D eigenvalue weighted by Gasteiger charge is -2.33. The average molecular weight is 378 g/mol. The maximum absolute atomic E-state index is 13.5. The second-order valence-corrected chi connectivity index (χ2v) is 9.10. The van der Waals surface area contributed by atoms with Crippen molar-refractivity contribution >= 4 is 22.8 Å². The number of rotatable bonds is 3. The minimum atomic E-state index is -0.681. The van der Waals surface area contributed by atoms with Gasteiger partial charge in [-0.25, -0.2) is 0 Å². The summed E-state index contributed by atoms with van der Waals surface area (Å²) in [6.07, 6.45) is 4.67. The standard InChI is InChI=1S/C23H26N2O3/c1-13-9-14(2)20-16(10-13)17(11-19(24-20)15-3-4-15)21(26)25-7-5-23(6-8-25)12-18(23)22(27)28/h9-11,15,18H,3-8,12H2,1-2H3,(H,27,28). The Kier molecular flexibility index (Phi) is 3.80. The van der Waals surface area contributed by atoms with E-state index in [2.05, 4.69) is 26.0 Å². The number of fused-ring (bicyclic) bond motifs is 1. The zero-order chi connectivity index (χ0) is 19.6. The molecule has 1 aromatic heterocycles. The molecule has 1 spiro atoms. The van der Waals surface area contributed by atoms with E-state index in [1.54, 1.807) is 0 Å². The number of piperidine rings is 1. The molecule has 1 aliphatic heterocycles. The molecule has 3 aliphatic rings. The summed E-state index contributed by atoms with van der Waals surface area (Å²) >= 11 is 0. The molecule has 5 nitrogen and oxygen atoms in total. The van der Waals surface area contributed by atoms with Crippen LogP contribution in [0.3, 0.4) is 0 Å². The van der Waals surface area contributed by atoms with E-state index >= 15 is 0 Å². The van der Waals surface area contributed by atoms with Crippen LogP contribution in [0.2, 0.25) is 0 Å². The summed E-state index contributed by atoms with van der Waals surface area (Å²) in [5, 5.41) is 10.2. The van der Waals surface area contributed by atoms with Crippen molar-refractivity contribution in [2.24, 2.45) is 11.3 Å².